The van der Waals surface area contributed by atoms with Crippen LogP contribution in [0.4, 0.5) is 0 Å². The molecule has 1 unspecified atom stereocenters. The molecule has 0 aliphatic heterocycles. The van der Waals surface area contributed by atoms with E-state index in [4.69, 9.17) is 11.5 Å². The molecule has 0 bridgehead atoms. The van der Waals surface area contributed by atoms with Crippen LogP contribution in [0.25, 0.3) is 0 Å². The van der Waals surface area contributed by atoms with Gasteiger partial charge in [0.15, 0.2) is 0 Å². The van der Waals surface area contributed by atoms with E-state index in [-0.39, 0.29) is 0 Å². The lowest BCUT2D eigenvalue weighted by Gasteiger charge is -2.03. The van der Waals surface area contributed by atoms with Gasteiger partial charge in [0.2, 0.25) is 5.91 Å². The van der Waals surface area contributed by atoms with Gasteiger partial charge in [-0.1, -0.05) is 0 Å². The average Bonchev–Trinajstić information content (AvgIpc) is 2.28. The Balaban J connectivity index is 3.02. The van der Waals surface area contributed by atoms with Gasteiger partial charge in [0.25, 0.3) is 0 Å². The monoisotopic (exact) mass is 168 g/mol. The van der Waals surface area contributed by atoms with Crippen molar-refractivity contribution in [3.8, 4) is 0 Å². The topological polar surface area (TPSA) is 86.9 Å². The predicted octanol–water partition coefficient (Wildman–Crippen LogP) is -0.786. The Kier molecular flexibility index (Phi) is 2.14. The van der Waals surface area contributed by atoms with Gasteiger partial charge in [-0.2, -0.15) is 5.10 Å². The van der Waals surface area contributed by atoms with Crippen LogP contribution in [0.2, 0.25) is 0 Å². The Morgan fingerprint density at radius 3 is 2.67 bits per heavy atom. The molecule has 0 spiro atoms. The third kappa shape index (κ3) is 1.45. The van der Waals surface area contributed by atoms with E-state index in [1.54, 1.807) is 24.9 Å². The number of carbonyl (C=O) groups excluding carboxylic acids is 1. The van der Waals surface area contributed by atoms with Crippen molar-refractivity contribution < 1.29 is 4.79 Å². The summed E-state index contributed by atoms with van der Waals surface area (Å²) in [6.45, 7) is 1.79. The van der Waals surface area contributed by atoms with Crippen molar-refractivity contribution in [1.82, 2.24) is 9.78 Å². The molecule has 0 aliphatic carbocycles. The molecule has 1 aromatic rings. The molecule has 1 heterocycles. The maximum atomic E-state index is 10.7. The summed E-state index contributed by atoms with van der Waals surface area (Å²) in [6, 6.07) is -0.751. The van der Waals surface area contributed by atoms with Gasteiger partial charge in [-0.3, -0.25) is 9.48 Å². The average molecular weight is 168 g/mol. The molecule has 0 fully saturated rings. The molecule has 0 saturated heterocycles. The zero-order valence-electron chi connectivity index (χ0n) is 7.11. The minimum Gasteiger partial charge on any atom is -0.368 e. The Morgan fingerprint density at radius 1 is 1.75 bits per heavy atom. The molecule has 1 amide bonds. The van der Waals surface area contributed by atoms with Crippen LogP contribution in [0.5, 0.6) is 0 Å². The maximum absolute atomic E-state index is 10.7. The van der Waals surface area contributed by atoms with Crippen LogP contribution < -0.4 is 11.5 Å². The fourth-order valence-electron chi connectivity index (χ4n) is 1.08. The van der Waals surface area contributed by atoms with Gasteiger partial charge >= 0.3 is 0 Å². The first-order chi connectivity index (χ1) is 5.52. The second kappa shape index (κ2) is 2.94. The summed E-state index contributed by atoms with van der Waals surface area (Å²) >= 11 is 0. The molecular weight excluding hydrogens is 156 g/mol. The number of hydrogen-bond acceptors (Lipinski definition) is 3. The fourth-order valence-corrected chi connectivity index (χ4v) is 1.08. The molecule has 0 radical (unpaired) electrons. The summed E-state index contributed by atoms with van der Waals surface area (Å²) in [5.41, 5.74) is 12.0. The number of aryl methyl sites for hydroxylation is 2. The molecule has 5 nitrogen and oxygen atoms in total. The number of amides is 1. The second-order valence-electron chi connectivity index (χ2n) is 2.72. The van der Waals surface area contributed by atoms with E-state index >= 15 is 0 Å². The molecule has 0 aromatic carbocycles. The van der Waals surface area contributed by atoms with Crippen molar-refractivity contribution in [1.29, 1.82) is 0 Å². The Bertz CT molecular complexity index is 304. The van der Waals surface area contributed by atoms with E-state index in [2.05, 4.69) is 5.10 Å². The lowest BCUT2D eigenvalue weighted by atomic mass is 10.1. The molecular formula is C7H12N4O. The van der Waals surface area contributed by atoms with Crippen LogP contribution in [0.15, 0.2) is 6.20 Å². The SMILES string of the molecule is Cc1nn(C)cc1C(N)C(N)=O. The van der Waals surface area contributed by atoms with Crippen LogP contribution in [-0.2, 0) is 11.8 Å². The van der Waals surface area contributed by atoms with E-state index in [0.717, 1.165) is 5.69 Å². The molecule has 5 heteroatoms. The van der Waals surface area contributed by atoms with E-state index in [1.165, 1.54) is 0 Å². The van der Waals surface area contributed by atoms with Gasteiger partial charge in [-0.05, 0) is 6.92 Å². The standard InChI is InChI=1S/C7H12N4O/c1-4-5(3-11(2)10-4)6(8)7(9)12/h3,6H,8H2,1-2H3,(H2,9,12). The van der Waals surface area contributed by atoms with Crippen molar-refractivity contribution in [3.63, 3.8) is 0 Å². The highest BCUT2D eigenvalue weighted by molar-refractivity contribution is 5.81. The molecule has 66 valence electrons. The molecule has 4 N–H and O–H groups in total. The molecule has 0 aliphatic rings. The first-order valence-electron chi connectivity index (χ1n) is 3.57. The molecule has 1 rings (SSSR count). The maximum Gasteiger partial charge on any atom is 0.239 e. The van der Waals surface area contributed by atoms with Crippen LogP contribution in [0, 0.1) is 6.92 Å². The van der Waals surface area contributed by atoms with E-state index in [1.807, 2.05) is 0 Å². The first kappa shape index (κ1) is 8.73. The summed E-state index contributed by atoms with van der Waals surface area (Å²) in [5, 5.41) is 4.04. The summed E-state index contributed by atoms with van der Waals surface area (Å²) < 4.78 is 1.60. The summed E-state index contributed by atoms with van der Waals surface area (Å²) in [5.74, 6) is -0.536. The summed E-state index contributed by atoms with van der Waals surface area (Å²) in [6.07, 6.45) is 1.70. The predicted molar refractivity (Wildman–Crippen MR) is 44.1 cm³/mol. The summed E-state index contributed by atoms with van der Waals surface area (Å²) in [7, 11) is 1.77. The van der Waals surface area contributed by atoms with Gasteiger partial charge in [0, 0.05) is 18.8 Å². The zero-order chi connectivity index (χ0) is 9.30. The summed E-state index contributed by atoms with van der Waals surface area (Å²) in [4.78, 5) is 10.7. The Labute approximate surface area is 70.3 Å². The van der Waals surface area contributed by atoms with Gasteiger partial charge in [0.05, 0.1) is 5.69 Å². The molecule has 1 aromatic heterocycles. The minimum atomic E-state index is -0.751. The Morgan fingerprint density at radius 2 is 2.33 bits per heavy atom. The van der Waals surface area contributed by atoms with Crippen molar-refractivity contribution >= 4 is 5.91 Å². The number of rotatable bonds is 2. The first-order valence-corrected chi connectivity index (χ1v) is 3.57. The largest absolute Gasteiger partial charge is 0.368 e. The highest BCUT2D eigenvalue weighted by Crippen LogP contribution is 2.12. The van der Waals surface area contributed by atoms with Crippen LogP contribution in [0.3, 0.4) is 0 Å². The third-order valence-electron chi connectivity index (χ3n) is 1.69. The molecule has 0 saturated carbocycles. The zero-order valence-corrected chi connectivity index (χ0v) is 7.11. The van der Waals surface area contributed by atoms with E-state index in [9.17, 15) is 4.79 Å². The quantitative estimate of drug-likeness (QED) is 0.607. The third-order valence-corrected chi connectivity index (χ3v) is 1.69. The Hall–Kier alpha value is -1.36. The smallest absolute Gasteiger partial charge is 0.239 e. The number of primary amides is 1. The lowest BCUT2D eigenvalue weighted by molar-refractivity contribution is -0.119. The van der Waals surface area contributed by atoms with E-state index in [0.29, 0.717) is 5.56 Å². The van der Waals surface area contributed by atoms with Gasteiger partial charge in [-0.25, -0.2) is 0 Å². The number of nitrogens with zero attached hydrogens (tertiary/aromatic N) is 2. The van der Waals surface area contributed by atoms with Gasteiger partial charge < -0.3 is 11.5 Å². The lowest BCUT2D eigenvalue weighted by Crippen LogP contribution is -2.28. The van der Waals surface area contributed by atoms with Gasteiger partial charge in [0.1, 0.15) is 6.04 Å². The number of aromatic nitrogens is 2. The van der Waals surface area contributed by atoms with Crippen LogP contribution in [0.1, 0.15) is 17.3 Å². The van der Waals surface area contributed by atoms with Crippen molar-refractivity contribution in [2.45, 2.75) is 13.0 Å². The number of nitrogens with two attached hydrogens (primary N) is 2. The minimum absolute atomic E-state index is 0.536. The van der Waals surface area contributed by atoms with Crippen LogP contribution >= 0.6 is 0 Å². The number of hydrogen-bond donors (Lipinski definition) is 2. The highest BCUT2D eigenvalue weighted by Gasteiger charge is 2.16. The van der Waals surface area contributed by atoms with Crippen LogP contribution in [-0.4, -0.2) is 15.7 Å². The number of carbonyl (C=O) groups is 1. The normalized spacial score (nSPS) is 12.9. The molecule has 12 heavy (non-hydrogen) atoms. The van der Waals surface area contributed by atoms with Crippen molar-refractivity contribution in [2.75, 3.05) is 0 Å². The van der Waals surface area contributed by atoms with Crippen molar-refractivity contribution in [2.24, 2.45) is 18.5 Å². The van der Waals surface area contributed by atoms with E-state index < -0.39 is 11.9 Å². The highest BCUT2D eigenvalue weighted by atomic mass is 16.1. The van der Waals surface area contributed by atoms with Gasteiger partial charge in [-0.15, -0.1) is 0 Å². The fraction of sp³-hybridized carbons (Fsp3) is 0.429. The molecule has 1 atom stereocenters. The van der Waals surface area contributed by atoms with Crippen molar-refractivity contribution in [3.05, 3.63) is 17.5 Å². The second-order valence-corrected chi connectivity index (χ2v) is 2.72.